The number of halogens is 1. The number of benzene rings is 3. The molecule has 1 unspecified atom stereocenters. The number of amides is 1. The molecule has 5 rings (SSSR count). The second-order valence-electron chi connectivity index (χ2n) is 9.32. The van der Waals surface area contributed by atoms with E-state index in [1.54, 1.807) is 19.2 Å². The number of aromatic nitrogens is 2. The molecule has 1 saturated heterocycles. The van der Waals surface area contributed by atoms with E-state index in [1.807, 2.05) is 48.5 Å². The first-order valence-electron chi connectivity index (χ1n) is 12.9. The van der Waals surface area contributed by atoms with Gasteiger partial charge in [-0.15, -0.1) is 0 Å². The van der Waals surface area contributed by atoms with Gasteiger partial charge in [-0.05, 0) is 60.5 Å². The quantitative estimate of drug-likeness (QED) is 0.371. The number of methoxy groups -OCH3 is 1. The van der Waals surface area contributed by atoms with Gasteiger partial charge in [-0.1, -0.05) is 24.3 Å². The Labute approximate surface area is 226 Å². The zero-order chi connectivity index (χ0) is 27.2. The predicted octanol–water partition coefficient (Wildman–Crippen LogP) is 4.07. The van der Waals surface area contributed by atoms with Crippen LogP contribution in [0, 0.1) is 17.1 Å². The van der Waals surface area contributed by atoms with E-state index >= 15 is 0 Å². The molecule has 1 amide bonds. The van der Waals surface area contributed by atoms with Gasteiger partial charge < -0.3 is 19.9 Å². The van der Waals surface area contributed by atoms with Crippen LogP contribution in [0.3, 0.4) is 0 Å². The fourth-order valence-electron chi connectivity index (χ4n) is 4.73. The third kappa shape index (κ3) is 5.91. The number of rotatable bonds is 8. The minimum Gasteiger partial charge on any atom is -0.497 e. The molecule has 1 aromatic heterocycles. The SMILES string of the molecule is COc1ccc(CCNC(=O)C(C#N)c2nc3ccccc3nc2N2CCN(c3ccc(F)cc3)CC2)cc1. The standard InChI is InChI=1S/C30H29FN6O2/c1-39-24-12-6-21(7-13-24)14-15-33-30(38)25(20-32)28-29(35-27-5-3-2-4-26(27)34-28)37-18-16-36(17-19-37)23-10-8-22(31)9-11-23/h2-13,25H,14-19H2,1H3,(H,33,38). The number of nitriles is 1. The maximum atomic E-state index is 13.4. The summed E-state index contributed by atoms with van der Waals surface area (Å²) in [5, 5.41) is 13.0. The fraction of sp³-hybridized carbons (Fsp3) is 0.267. The van der Waals surface area contributed by atoms with Crippen molar-refractivity contribution < 1.29 is 13.9 Å². The van der Waals surface area contributed by atoms with Crippen molar-refractivity contribution in [2.45, 2.75) is 12.3 Å². The molecule has 198 valence electrons. The van der Waals surface area contributed by atoms with Crippen LogP contribution in [-0.4, -0.2) is 55.7 Å². The summed E-state index contributed by atoms with van der Waals surface area (Å²) in [7, 11) is 1.62. The molecule has 1 aliphatic heterocycles. The molecule has 0 radical (unpaired) electrons. The molecular weight excluding hydrogens is 495 g/mol. The van der Waals surface area contributed by atoms with Gasteiger partial charge in [0.25, 0.3) is 0 Å². The van der Waals surface area contributed by atoms with E-state index in [0.717, 1.165) is 17.0 Å². The normalized spacial score (nSPS) is 14.1. The summed E-state index contributed by atoms with van der Waals surface area (Å²) in [5.41, 5.74) is 3.69. The van der Waals surface area contributed by atoms with Crippen molar-refractivity contribution in [3.8, 4) is 11.8 Å². The predicted molar refractivity (Wildman–Crippen MR) is 148 cm³/mol. The number of nitrogens with zero attached hydrogens (tertiary/aromatic N) is 5. The van der Waals surface area contributed by atoms with Crippen molar-refractivity contribution in [2.24, 2.45) is 0 Å². The maximum Gasteiger partial charge on any atom is 0.243 e. The average Bonchev–Trinajstić information content (AvgIpc) is 2.98. The minimum atomic E-state index is -1.11. The summed E-state index contributed by atoms with van der Waals surface area (Å²) in [6, 6.07) is 23.7. The van der Waals surface area contributed by atoms with Crippen molar-refractivity contribution in [3.63, 3.8) is 0 Å². The minimum absolute atomic E-state index is 0.265. The molecule has 1 N–H and O–H groups in total. The molecule has 39 heavy (non-hydrogen) atoms. The van der Waals surface area contributed by atoms with Gasteiger partial charge in [0.1, 0.15) is 17.3 Å². The maximum absolute atomic E-state index is 13.4. The topological polar surface area (TPSA) is 94.4 Å². The van der Waals surface area contributed by atoms with Crippen LogP contribution in [0.25, 0.3) is 11.0 Å². The zero-order valence-corrected chi connectivity index (χ0v) is 21.7. The van der Waals surface area contributed by atoms with E-state index in [0.29, 0.717) is 61.7 Å². The summed E-state index contributed by atoms with van der Waals surface area (Å²) in [4.78, 5) is 27.1. The molecule has 1 fully saturated rings. The fourth-order valence-corrected chi connectivity index (χ4v) is 4.73. The average molecular weight is 525 g/mol. The van der Waals surface area contributed by atoms with Crippen LogP contribution < -0.4 is 19.9 Å². The van der Waals surface area contributed by atoms with Gasteiger partial charge in [-0.2, -0.15) is 5.26 Å². The molecule has 0 saturated carbocycles. The monoisotopic (exact) mass is 524 g/mol. The van der Waals surface area contributed by atoms with Crippen molar-refractivity contribution in [2.75, 3.05) is 49.6 Å². The summed E-state index contributed by atoms with van der Waals surface area (Å²) in [5.74, 6) is -0.458. The highest BCUT2D eigenvalue weighted by molar-refractivity contribution is 5.89. The number of fused-ring (bicyclic) bond motifs is 1. The molecule has 1 aliphatic rings. The van der Waals surface area contributed by atoms with Gasteiger partial charge in [-0.3, -0.25) is 4.79 Å². The van der Waals surface area contributed by atoms with Crippen LogP contribution >= 0.6 is 0 Å². The van der Waals surface area contributed by atoms with Gasteiger partial charge in [0.05, 0.1) is 24.2 Å². The molecule has 0 bridgehead atoms. The van der Waals surface area contributed by atoms with Crippen molar-refractivity contribution >= 4 is 28.4 Å². The van der Waals surface area contributed by atoms with Crippen LogP contribution in [0.2, 0.25) is 0 Å². The lowest BCUT2D eigenvalue weighted by molar-refractivity contribution is -0.121. The Morgan fingerprint density at radius 3 is 2.26 bits per heavy atom. The molecule has 0 aliphatic carbocycles. The van der Waals surface area contributed by atoms with Crippen LogP contribution in [0.5, 0.6) is 5.75 Å². The lowest BCUT2D eigenvalue weighted by Gasteiger charge is -2.37. The highest BCUT2D eigenvalue weighted by Gasteiger charge is 2.30. The van der Waals surface area contributed by atoms with E-state index in [1.165, 1.54) is 12.1 Å². The van der Waals surface area contributed by atoms with Crippen LogP contribution in [-0.2, 0) is 11.2 Å². The Bertz CT molecular complexity index is 1480. The van der Waals surface area contributed by atoms with Gasteiger partial charge in [0, 0.05) is 38.4 Å². The van der Waals surface area contributed by atoms with Crippen LogP contribution in [0.4, 0.5) is 15.9 Å². The molecule has 4 aromatic rings. The number of ether oxygens (including phenoxy) is 1. The molecule has 0 spiro atoms. The summed E-state index contributed by atoms with van der Waals surface area (Å²) < 4.78 is 18.6. The number of nitrogens with one attached hydrogen (secondary N) is 1. The molecule has 8 nitrogen and oxygen atoms in total. The second-order valence-corrected chi connectivity index (χ2v) is 9.32. The number of hydrogen-bond acceptors (Lipinski definition) is 7. The number of piperazine rings is 1. The summed E-state index contributed by atoms with van der Waals surface area (Å²) in [6.07, 6.45) is 0.621. The molecule has 1 atom stereocenters. The number of para-hydroxylation sites is 2. The first kappa shape index (κ1) is 25.9. The van der Waals surface area contributed by atoms with Crippen LogP contribution in [0.15, 0.2) is 72.8 Å². The zero-order valence-electron chi connectivity index (χ0n) is 21.7. The Hall–Kier alpha value is -4.71. The third-order valence-corrected chi connectivity index (χ3v) is 6.89. The van der Waals surface area contributed by atoms with Crippen molar-refractivity contribution in [1.82, 2.24) is 15.3 Å². The molecule has 3 aromatic carbocycles. The molecular formula is C30H29FN6O2. The van der Waals surface area contributed by atoms with Crippen LogP contribution in [0.1, 0.15) is 17.2 Å². The molecule has 2 heterocycles. The van der Waals surface area contributed by atoms with E-state index in [2.05, 4.69) is 21.2 Å². The van der Waals surface area contributed by atoms with Gasteiger partial charge >= 0.3 is 0 Å². The number of anilines is 2. The number of carbonyl (C=O) groups is 1. The van der Waals surface area contributed by atoms with Gasteiger partial charge in [0.15, 0.2) is 11.7 Å². The Morgan fingerprint density at radius 1 is 0.974 bits per heavy atom. The molecule has 9 heteroatoms. The van der Waals surface area contributed by atoms with E-state index in [9.17, 15) is 14.4 Å². The number of carbonyl (C=O) groups excluding carboxylic acids is 1. The first-order valence-corrected chi connectivity index (χ1v) is 12.9. The Balaban J connectivity index is 1.34. The van der Waals surface area contributed by atoms with E-state index < -0.39 is 11.8 Å². The third-order valence-electron chi connectivity index (χ3n) is 6.89. The lowest BCUT2D eigenvalue weighted by atomic mass is 10.0. The van der Waals surface area contributed by atoms with Gasteiger partial charge in [0.2, 0.25) is 5.91 Å². The summed E-state index contributed by atoms with van der Waals surface area (Å²) in [6.45, 7) is 3.00. The first-order chi connectivity index (χ1) is 19.1. The highest BCUT2D eigenvalue weighted by atomic mass is 19.1. The van der Waals surface area contributed by atoms with Crippen molar-refractivity contribution in [3.05, 3.63) is 89.9 Å². The van der Waals surface area contributed by atoms with Crippen molar-refractivity contribution in [1.29, 1.82) is 5.26 Å². The second kappa shape index (κ2) is 11.8. The number of hydrogen-bond donors (Lipinski definition) is 1. The Kier molecular flexibility index (Phi) is 7.83. The van der Waals surface area contributed by atoms with E-state index in [4.69, 9.17) is 14.7 Å². The largest absolute Gasteiger partial charge is 0.497 e. The summed E-state index contributed by atoms with van der Waals surface area (Å²) >= 11 is 0. The lowest BCUT2D eigenvalue weighted by Crippen LogP contribution is -2.47. The van der Waals surface area contributed by atoms with E-state index in [-0.39, 0.29) is 5.82 Å². The highest BCUT2D eigenvalue weighted by Crippen LogP contribution is 2.29. The Morgan fingerprint density at radius 2 is 1.62 bits per heavy atom. The smallest absolute Gasteiger partial charge is 0.243 e. The van der Waals surface area contributed by atoms with Gasteiger partial charge in [-0.25, -0.2) is 14.4 Å².